The summed E-state index contributed by atoms with van der Waals surface area (Å²) in [4.78, 5) is 47.1. The van der Waals surface area contributed by atoms with Gasteiger partial charge in [-0.3, -0.25) is 14.4 Å². The molecule has 0 aromatic heterocycles. The minimum atomic E-state index is -1.07. The molecule has 3 heterocycles. The summed E-state index contributed by atoms with van der Waals surface area (Å²) in [7, 11) is 0. The van der Waals surface area contributed by atoms with Gasteiger partial charge in [0.05, 0.1) is 30.6 Å². The van der Waals surface area contributed by atoms with Gasteiger partial charge in [-0.1, -0.05) is 26.0 Å². The predicted octanol–water partition coefficient (Wildman–Crippen LogP) is 2.37. The molecule has 3 aliphatic heterocycles. The summed E-state index contributed by atoms with van der Waals surface area (Å²) in [5, 5.41) is 10.2. The van der Waals surface area contributed by atoms with Gasteiger partial charge in [-0.2, -0.15) is 0 Å². The van der Waals surface area contributed by atoms with Crippen LogP contribution in [0.1, 0.15) is 60.3 Å². The molecule has 6 atom stereocenters. The molecule has 3 aliphatic rings. The molecule has 1 N–H and O–H groups in total. The van der Waals surface area contributed by atoms with E-state index in [1.54, 1.807) is 26.9 Å². The number of fused-ring (bicyclic) bond motifs is 1. The molecule has 0 radical (unpaired) electrons. The normalized spacial score (nSPS) is 30.2. The molecular weight excluding hydrogens is 446 g/mol. The smallest absolute Gasteiger partial charge is 0.249 e. The Morgan fingerprint density at radius 1 is 1.23 bits per heavy atom. The van der Waals surface area contributed by atoms with Gasteiger partial charge in [0.15, 0.2) is 0 Å². The van der Waals surface area contributed by atoms with Crippen LogP contribution >= 0.6 is 0 Å². The van der Waals surface area contributed by atoms with Gasteiger partial charge in [0.25, 0.3) is 0 Å². The van der Waals surface area contributed by atoms with Gasteiger partial charge in [0, 0.05) is 25.2 Å². The zero-order valence-corrected chi connectivity index (χ0v) is 22.0. The van der Waals surface area contributed by atoms with Gasteiger partial charge in [-0.15, -0.1) is 13.2 Å². The number of carbonyl (C=O) groups is 3. The molecule has 1 spiro atoms. The monoisotopic (exact) mass is 489 g/mol. The Hall–Kier alpha value is -2.19. The average Bonchev–Trinajstić information content (AvgIpc) is 3.44. The van der Waals surface area contributed by atoms with Crippen molar-refractivity contribution in [3.05, 3.63) is 25.3 Å². The van der Waals surface area contributed by atoms with Crippen molar-refractivity contribution in [1.29, 1.82) is 0 Å². The zero-order chi connectivity index (χ0) is 26.1. The summed E-state index contributed by atoms with van der Waals surface area (Å²) in [5.41, 5.74) is -1.58. The van der Waals surface area contributed by atoms with Gasteiger partial charge in [0.1, 0.15) is 11.6 Å². The molecule has 8 nitrogen and oxygen atoms in total. The van der Waals surface area contributed by atoms with Gasteiger partial charge >= 0.3 is 0 Å². The van der Waals surface area contributed by atoms with E-state index in [1.165, 1.54) is 0 Å². The first-order valence-corrected chi connectivity index (χ1v) is 13.0. The molecule has 0 aliphatic carbocycles. The van der Waals surface area contributed by atoms with Crippen LogP contribution in [0.5, 0.6) is 0 Å². The van der Waals surface area contributed by atoms with Crippen molar-refractivity contribution in [2.45, 2.75) is 89.6 Å². The van der Waals surface area contributed by atoms with E-state index in [2.05, 4.69) is 13.2 Å². The molecule has 196 valence electrons. The van der Waals surface area contributed by atoms with Crippen LogP contribution < -0.4 is 0 Å². The van der Waals surface area contributed by atoms with Crippen molar-refractivity contribution in [3.63, 3.8) is 0 Å². The van der Waals surface area contributed by atoms with Crippen molar-refractivity contribution in [1.82, 2.24) is 14.7 Å². The first-order valence-electron chi connectivity index (χ1n) is 13.0. The Bertz CT molecular complexity index is 848. The van der Waals surface area contributed by atoms with Crippen LogP contribution in [-0.2, 0) is 19.1 Å². The summed E-state index contributed by atoms with van der Waals surface area (Å²) in [6.07, 6.45) is 5.43. The molecule has 35 heavy (non-hydrogen) atoms. The first-order chi connectivity index (χ1) is 16.5. The van der Waals surface area contributed by atoms with Crippen LogP contribution in [0.3, 0.4) is 0 Å². The first kappa shape index (κ1) is 27.4. The predicted molar refractivity (Wildman–Crippen MR) is 134 cm³/mol. The highest BCUT2D eigenvalue weighted by atomic mass is 16.5. The second-order valence-electron chi connectivity index (χ2n) is 11.0. The number of nitrogens with zero attached hydrogens (tertiary/aromatic N) is 3. The Balaban J connectivity index is 2.11. The number of hydrogen-bond donors (Lipinski definition) is 1. The average molecular weight is 490 g/mol. The standard InChI is InChI=1S/C27H43N3O5/c1-8-14-28(15-9-2)23(32)20-19-12-13-27(35-19)21(20)24(33)30(18(11-4)17-31)22(27)25(34)29(16-10-3)26(5,6)7/h8,10,18-22,31H,1,3,9,11-17H2,2,4-7H3/t18-,19-,20+,21-,22?,27?/m0/s1. The van der Waals surface area contributed by atoms with Crippen molar-refractivity contribution in [2.24, 2.45) is 11.8 Å². The van der Waals surface area contributed by atoms with Crippen molar-refractivity contribution < 1.29 is 24.2 Å². The highest BCUT2D eigenvalue weighted by Crippen LogP contribution is 2.59. The van der Waals surface area contributed by atoms with Crippen molar-refractivity contribution in [3.8, 4) is 0 Å². The maximum Gasteiger partial charge on any atom is 0.249 e. The summed E-state index contributed by atoms with van der Waals surface area (Å²) >= 11 is 0. The molecular formula is C27H43N3O5. The zero-order valence-electron chi connectivity index (χ0n) is 22.0. The molecule has 0 aromatic rings. The van der Waals surface area contributed by atoms with E-state index in [0.717, 1.165) is 6.42 Å². The van der Waals surface area contributed by atoms with Gasteiger partial charge in [-0.25, -0.2) is 0 Å². The van der Waals surface area contributed by atoms with E-state index >= 15 is 0 Å². The van der Waals surface area contributed by atoms with Gasteiger partial charge < -0.3 is 24.5 Å². The third-order valence-corrected chi connectivity index (χ3v) is 7.87. The summed E-state index contributed by atoms with van der Waals surface area (Å²) in [5.74, 6) is -1.96. The lowest BCUT2D eigenvalue weighted by molar-refractivity contribution is -0.154. The minimum Gasteiger partial charge on any atom is -0.394 e. The highest BCUT2D eigenvalue weighted by molar-refractivity contribution is 5.99. The van der Waals surface area contributed by atoms with Gasteiger partial charge in [0.2, 0.25) is 17.7 Å². The van der Waals surface area contributed by atoms with Crippen LogP contribution in [0, 0.1) is 11.8 Å². The number of rotatable bonds is 11. The van der Waals surface area contributed by atoms with Crippen molar-refractivity contribution in [2.75, 3.05) is 26.2 Å². The second kappa shape index (κ2) is 10.4. The van der Waals surface area contributed by atoms with E-state index in [4.69, 9.17) is 4.74 Å². The Labute approximate surface area is 210 Å². The lowest BCUT2D eigenvalue weighted by atomic mass is 9.70. The topological polar surface area (TPSA) is 90.4 Å². The van der Waals surface area contributed by atoms with E-state index in [9.17, 15) is 19.5 Å². The third kappa shape index (κ3) is 4.44. The number of hydrogen-bond acceptors (Lipinski definition) is 5. The highest BCUT2D eigenvalue weighted by Gasteiger charge is 2.75. The molecule has 0 saturated carbocycles. The van der Waals surface area contributed by atoms with Crippen LogP contribution in [0.2, 0.25) is 0 Å². The number of aliphatic hydroxyl groups excluding tert-OH is 1. The van der Waals surface area contributed by atoms with E-state index in [1.807, 2.05) is 34.6 Å². The molecule has 3 rings (SSSR count). The Morgan fingerprint density at radius 2 is 1.89 bits per heavy atom. The molecule has 0 aromatic carbocycles. The number of carbonyl (C=O) groups excluding carboxylic acids is 3. The maximum absolute atomic E-state index is 14.2. The Kier molecular flexibility index (Phi) is 8.16. The van der Waals surface area contributed by atoms with E-state index < -0.39 is 41.2 Å². The third-order valence-electron chi connectivity index (χ3n) is 7.87. The lowest BCUT2D eigenvalue weighted by Gasteiger charge is -2.43. The Morgan fingerprint density at radius 3 is 2.40 bits per heavy atom. The van der Waals surface area contributed by atoms with Crippen LogP contribution in [-0.4, -0.2) is 93.1 Å². The molecule has 2 bridgehead atoms. The fraction of sp³-hybridized carbons (Fsp3) is 0.741. The fourth-order valence-corrected chi connectivity index (χ4v) is 6.36. The van der Waals surface area contributed by atoms with E-state index in [0.29, 0.717) is 38.9 Å². The number of likely N-dealkylation sites (tertiary alicyclic amines) is 1. The quantitative estimate of drug-likeness (QED) is 0.450. The van der Waals surface area contributed by atoms with Crippen molar-refractivity contribution >= 4 is 17.7 Å². The number of aliphatic hydroxyl groups is 1. The van der Waals surface area contributed by atoms with E-state index in [-0.39, 0.29) is 24.3 Å². The van der Waals surface area contributed by atoms with Crippen LogP contribution in [0.15, 0.2) is 25.3 Å². The van der Waals surface area contributed by atoms with Crippen LogP contribution in [0.25, 0.3) is 0 Å². The SMILES string of the molecule is C=CCN(CCC)C(=O)[C@@H]1[C@@H]2CCC3(O2)C(C(=O)N(CC=C)C(C)(C)C)N([C@@H](CC)CO)C(=O)[C@H]13. The molecule has 3 fully saturated rings. The molecule has 8 heteroatoms. The molecule has 2 unspecified atom stereocenters. The van der Waals surface area contributed by atoms with Crippen LogP contribution in [0.4, 0.5) is 0 Å². The fourth-order valence-electron chi connectivity index (χ4n) is 6.36. The lowest BCUT2D eigenvalue weighted by Crippen LogP contribution is -2.61. The minimum absolute atomic E-state index is 0.111. The molecule has 3 saturated heterocycles. The molecule has 3 amide bonds. The number of amides is 3. The largest absolute Gasteiger partial charge is 0.394 e. The second-order valence-corrected chi connectivity index (χ2v) is 11.0. The summed E-state index contributed by atoms with van der Waals surface area (Å²) < 4.78 is 6.55. The summed E-state index contributed by atoms with van der Waals surface area (Å²) in [6, 6.07) is -1.42. The van der Waals surface area contributed by atoms with Gasteiger partial charge in [-0.05, 0) is 46.5 Å². The summed E-state index contributed by atoms with van der Waals surface area (Å²) in [6.45, 7) is 18.4. The number of ether oxygens (including phenoxy) is 1. The maximum atomic E-state index is 14.2.